The number of hydrogen-bond donors (Lipinski definition) is 1. The fraction of sp³-hybridized carbons (Fsp3) is 0.583. The van der Waals surface area contributed by atoms with Gasteiger partial charge in [-0.25, -0.2) is 0 Å². The van der Waals surface area contributed by atoms with Crippen LogP contribution in [0.3, 0.4) is 0 Å². The summed E-state index contributed by atoms with van der Waals surface area (Å²) in [5.41, 5.74) is 2.57. The predicted molar refractivity (Wildman–Crippen MR) is 55.0 cm³/mol. The minimum absolute atomic E-state index is 0.0761. The van der Waals surface area contributed by atoms with E-state index in [4.69, 9.17) is 5.11 Å². The van der Waals surface area contributed by atoms with E-state index < -0.39 is 0 Å². The zero-order valence-corrected chi connectivity index (χ0v) is 8.76. The van der Waals surface area contributed by atoms with Gasteiger partial charge in [-0.2, -0.15) is 0 Å². The minimum Gasteiger partial charge on any atom is -0.515 e. The number of aliphatic hydroxyl groups is 1. The highest BCUT2D eigenvalue weighted by atomic mass is 16.2. The monoisotopic (exact) mass is 192 g/mol. The van der Waals surface area contributed by atoms with Gasteiger partial charge in [-0.05, 0) is 31.3 Å². The lowest BCUT2D eigenvalue weighted by Crippen LogP contribution is -2.15. The van der Waals surface area contributed by atoms with Crippen molar-refractivity contribution < 1.29 is 9.90 Å². The van der Waals surface area contributed by atoms with Crippen LogP contribution >= 0.6 is 0 Å². The highest BCUT2D eigenvalue weighted by Crippen LogP contribution is 2.49. The van der Waals surface area contributed by atoms with E-state index >= 15 is 0 Å². The van der Waals surface area contributed by atoms with Gasteiger partial charge in [0.1, 0.15) is 0 Å². The van der Waals surface area contributed by atoms with E-state index in [0.29, 0.717) is 5.57 Å². The molecule has 1 N–H and O–H groups in total. The summed E-state index contributed by atoms with van der Waals surface area (Å²) in [5.74, 6) is 0.0761. The fourth-order valence-corrected chi connectivity index (χ4v) is 2.67. The lowest BCUT2D eigenvalue weighted by atomic mass is 9.78. The maximum absolute atomic E-state index is 11.9. The molecule has 0 heterocycles. The van der Waals surface area contributed by atoms with Crippen LogP contribution in [0.4, 0.5) is 0 Å². The number of hydrogen-bond acceptors (Lipinski definition) is 2. The van der Waals surface area contributed by atoms with Gasteiger partial charge >= 0.3 is 0 Å². The van der Waals surface area contributed by atoms with Crippen LogP contribution in [-0.2, 0) is 4.79 Å². The molecule has 76 valence electrons. The second-order valence-corrected chi connectivity index (χ2v) is 4.66. The van der Waals surface area contributed by atoms with Crippen LogP contribution in [-0.4, -0.2) is 10.9 Å². The van der Waals surface area contributed by atoms with E-state index in [1.54, 1.807) is 0 Å². The van der Waals surface area contributed by atoms with Crippen molar-refractivity contribution in [2.24, 2.45) is 5.41 Å². The molecule has 0 radical (unpaired) electrons. The van der Waals surface area contributed by atoms with Crippen LogP contribution < -0.4 is 0 Å². The average Bonchev–Trinajstić information content (AvgIpc) is 2.36. The molecule has 0 unspecified atom stereocenters. The second-order valence-electron chi connectivity index (χ2n) is 4.66. The molecule has 2 aliphatic carbocycles. The molecule has 0 spiro atoms. The molecular formula is C12H16O2. The Morgan fingerprint density at radius 2 is 1.93 bits per heavy atom. The Bertz CT molecular complexity index is 345. The number of ketones is 1. The van der Waals surface area contributed by atoms with E-state index in [1.807, 2.05) is 13.8 Å². The van der Waals surface area contributed by atoms with Gasteiger partial charge in [0.25, 0.3) is 0 Å². The molecule has 2 rings (SSSR count). The minimum atomic E-state index is -0.235. The quantitative estimate of drug-likeness (QED) is 0.473. The zero-order chi connectivity index (χ0) is 10.3. The Morgan fingerprint density at radius 1 is 1.29 bits per heavy atom. The summed E-state index contributed by atoms with van der Waals surface area (Å²) in [6.45, 7) is 4.06. The molecule has 0 amide bonds. The van der Waals surface area contributed by atoms with Gasteiger partial charge in [-0.3, -0.25) is 4.79 Å². The van der Waals surface area contributed by atoms with Crippen LogP contribution in [0.25, 0.3) is 0 Å². The summed E-state index contributed by atoms with van der Waals surface area (Å²) in [6.07, 6.45) is 5.20. The summed E-state index contributed by atoms with van der Waals surface area (Å²) in [6, 6.07) is 0. The summed E-state index contributed by atoms with van der Waals surface area (Å²) in [4.78, 5) is 11.9. The average molecular weight is 192 g/mol. The van der Waals surface area contributed by atoms with Crippen molar-refractivity contribution in [2.45, 2.75) is 39.5 Å². The van der Waals surface area contributed by atoms with Crippen molar-refractivity contribution in [1.82, 2.24) is 0 Å². The molecule has 0 saturated heterocycles. The third kappa shape index (κ3) is 1.06. The number of rotatable bonds is 0. The van der Waals surface area contributed by atoms with Crippen LogP contribution in [0.5, 0.6) is 0 Å². The molecule has 2 aliphatic rings. The Balaban J connectivity index is 2.52. The molecular weight excluding hydrogens is 176 g/mol. The van der Waals surface area contributed by atoms with Gasteiger partial charge in [0.2, 0.25) is 0 Å². The van der Waals surface area contributed by atoms with Crippen molar-refractivity contribution in [3.05, 3.63) is 23.0 Å². The van der Waals surface area contributed by atoms with Crippen molar-refractivity contribution >= 4 is 5.78 Å². The van der Waals surface area contributed by atoms with Crippen LogP contribution in [0.1, 0.15) is 39.5 Å². The third-order valence-electron chi connectivity index (χ3n) is 3.54. The molecule has 0 aromatic carbocycles. The molecule has 0 atom stereocenters. The highest BCUT2D eigenvalue weighted by Gasteiger charge is 2.43. The Morgan fingerprint density at radius 3 is 2.50 bits per heavy atom. The van der Waals surface area contributed by atoms with Gasteiger partial charge in [0, 0.05) is 11.0 Å². The summed E-state index contributed by atoms with van der Waals surface area (Å²) < 4.78 is 0. The first-order chi connectivity index (χ1) is 6.59. The molecule has 2 heteroatoms. The Kier molecular flexibility index (Phi) is 2.02. The molecule has 2 nitrogen and oxygen atoms in total. The first kappa shape index (κ1) is 9.50. The SMILES string of the molecule is CC1(C)C2=C(CCCC2)C(=O)/C1=C/O. The number of Topliss-reactive ketones (excluding diaryl/α,β-unsaturated/α-hetero) is 1. The largest absolute Gasteiger partial charge is 0.515 e. The molecule has 0 aliphatic heterocycles. The summed E-state index contributed by atoms with van der Waals surface area (Å²) in [7, 11) is 0. The molecule has 0 fully saturated rings. The molecule has 0 bridgehead atoms. The van der Waals surface area contributed by atoms with E-state index in [1.165, 1.54) is 12.0 Å². The summed E-state index contributed by atoms with van der Waals surface area (Å²) >= 11 is 0. The topological polar surface area (TPSA) is 37.3 Å². The number of allylic oxidation sites excluding steroid dienone is 3. The lowest BCUT2D eigenvalue weighted by Gasteiger charge is -2.25. The van der Waals surface area contributed by atoms with Gasteiger partial charge in [-0.15, -0.1) is 0 Å². The van der Waals surface area contributed by atoms with E-state index in [9.17, 15) is 4.79 Å². The van der Waals surface area contributed by atoms with Crippen molar-refractivity contribution in [2.75, 3.05) is 0 Å². The molecule has 0 saturated carbocycles. The van der Waals surface area contributed by atoms with Crippen molar-refractivity contribution in [3.8, 4) is 0 Å². The van der Waals surface area contributed by atoms with E-state index in [0.717, 1.165) is 31.1 Å². The second kappa shape index (κ2) is 2.97. The third-order valence-corrected chi connectivity index (χ3v) is 3.54. The first-order valence-corrected chi connectivity index (χ1v) is 5.21. The van der Waals surface area contributed by atoms with E-state index in [-0.39, 0.29) is 11.2 Å². The van der Waals surface area contributed by atoms with Gasteiger partial charge in [0.15, 0.2) is 5.78 Å². The van der Waals surface area contributed by atoms with Crippen molar-refractivity contribution in [3.63, 3.8) is 0 Å². The molecule has 0 aromatic heterocycles. The molecule has 14 heavy (non-hydrogen) atoms. The smallest absolute Gasteiger partial charge is 0.188 e. The van der Waals surface area contributed by atoms with Gasteiger partial charge in [0.05, 0.1) is 6.26 Å². The van der Waals surface area contributed by atoms with Crippen LogP contribution in [0.2, 0.25) is 0 Å². The normalized spacial score (nSPS) is 28.4. The number of carbonyl (C=O) groups is 1. The predicted octanol–water partition coefficient (Wildman–Crippen LogP) is 2.91. The lowest BCUT2D eigenvalue weighted by molar-refractivity contribution is -0.112. The van der Waals surface area contributed by atoms with Crippen molar-refractivity contribution in [1.29, 1.82) is 0 Å². The molecule has 0 aromatic rings. The number of aliphatic hydroxyl groups excluding tert-OH is 1. The maximum atomic E-state index is 11.9. The number of carbonyl (C=O) groups excluding carboxylic acids is 1. The first-order valence-electron chi connectivity index (χ1n) is 5.21. The summed E-state index contributed by atoms with van der Waals surface area (Å²) in [5, 5.41) is 9.11. The van der Waals surface area contributed by atoms with Gasteiger partial charge in [-0.1, -0.05) is 19.4 Å². The van der Waals surface area contributed by atoms with Crippen LogP contribution in [0.15, 0.2) is 23.0 Å². The van der Waals surface area contributed by atoms with Gasteiger partial charge < -0.3 is 5.11 Å². The standard InChI is InChI=1S/C12H16O2/c1-12(2)9-6-4-3-5-8(9)11(14)10(12)7-13/h7,13H,3-6H2,1-2H3/b10-7-. The highest BCUT2D eigenvalue weighted by molar-refractivity contribution is 6.13. The fourth-order valence-electron chi connectivity index (χ4n) is 2.67. The Hall–Kier alpha value is -1.05. The van der Waals surface area contributed by atoms with E-state index in [2.05, 4.69) is 0 Å². The zero-order valence-electron chi connectivity index (χ0n) is 8.76. The Labute approximate surface area is 84.3 Å². The van der Waals surface area contributed by atoms with Crippen LogP contribution in [0, 0.1) is 5.41 Å². The maximum Gasteiger partial charge on any atom is 0.188 e.